The number of benzene rings is 1. The van der Waals surface area contributed by atoms with E-state index < -0.39 is 58.9 Å². The molecule has 0 saturated carbocycles. The van der Waals surface area contributed by atoms with Gasteiger partial charge in [-0.3, -0.25) is 9.69 Å². The SMILES string of the molecule is COC(=O)c1cc(NC(=O)[C@H]2[C@H](c3ccc(F)c(F)c3OC)[C@H](C)[C@](C)(C(F)(F)F)N2C)ccn1. The zero-order valence-corrected chi connectivity index (χ0v) is 19.5. The van der Waals surface area contributed by atoms with Crippen LogP contribution in [0.5, 0.6) is 5.75 Å². The van der Waals surface area contributed by atoms with Crippen molar-refractivity contribution in [2.75, 3.05) is 26.6 Å². The van der Waals surface area contributed by atoms with Gasteiger partial charge in [-0.15, -0.1) is 0 Å². The lowest BCUT2D eigenvalue weighted by Gasteiger charge is -2.38. The van der Waals surface area contributed by atoms with Crippen molar-refractivity contribution >= 4 is 17.6 Å². The van der Waals surface area contributed by atoms with Crippen molar-refractivity contribution in [3.63, 3.8) is 0 Å². The van der Waals surface area contributed by atoms with Crippen LogP contribution in [0.3, 0.4) is 0 Å². The van der Waals surface area contributed by atoms with Gasteiger partial charge in [0.05, 0.1) is 20.3 Å². The molecule has 1 aliphatic rings. The Balaban J connectivity index is 2.12. The first-order chi connectivity index (χ1) is 16.3. The number of rotatable bonds is 5. The molecule has 7 nitrogen and oxygen atoms in total. The predicted molar refractivity (Wildman–Crippen MR) is 115 cm³/mol. The maximum absolute atomic E-state index is 14.5. The summed E-state index contributed by atoms with van der Waals surface area (Å²) >= 11 is 0. The second-order valence-corrected chi connectivity index (χ2v) is 8.41. The Labute approximate surface area is 198 Å². The lowest BCUT2D eigenvalue weighted by Crippen LogP contribution is -2.57. The van der Waals surface area contributed by atoms with Gasteiger partial charge in [-0.1, -0.05) is 13.0 Å². The van der Waals surface area contributed by atoms with E-state index in [4.69, 9.17) is 4.74 Å². The summed E-state index contributed by atoms with van der Waals surface area (Å²) in [5.41, 5.74) is -2.62. The minimum atomic E-state index is -4.77. The average Bonchev–Trinajstić information content (AvgIpc) is 3.02. The van der Waals surface area contributed by atoms with E-state index in [1.54, 1.807) is 0 Å². The average molecular weight is 501 g/mol. The van der Waals surface area contributed by atoms with Gasteiger partial charge < -0.3 is 14.8 Å². The van der Waals surface area contributed by atoms with Crippen LogP contribution in [0.15, 0.2) is 30.5 Å². The summed E-state index contributed by atoms with van der Waals surface area (Å²) in [5, 5.41) is 2.50. The molecule has 0 aliphatic carbocycles. The molecule has 1 amide bonds. The van der Waals surface area contributed by atoms with Crippen molar-refractivity contribution in [3.05, 3.63) is 53.4 Å². The van der Waals surface area contributed by atoms with Crippen molar-refractivity contribution in [2.24, 2.45) is 5.92 Å². The summed E-state index contributed by atoms with van der Waals surface area (Å²) in [6.45, 7) is 2.25. The summed E-state index contributed by atoms with van der Waals surface area (Å²) in [6, 6.07) is 2.99. The normalized spacial score (nSPS) is 24.8. The minimum absolute atomic E-state index is 0.0798. The first-order valence-corrected chi connectivity index (χ1v) is 10.5. The number of ether oxygens (including phenoxy) is 2. The second-order valence-electron chi connectivity index (χ2n) is 8.41. The van der Waals surface area contributed by atoms with E-state index in [0.29, 0.717) is 0 Å². The molecule has 1 aromatic heterocycles. The molecule has 1 aromatic carbocycles. The number of carbonyl (C=O) groups is 2. The molecule has 0 unspecified atom stereocenters. The summed E-state index contributed by atoms with van der Waals surface area (Å²) in [6.07, 6.45) is -3.55. The standard InChI is InChI=1S/C23H24F5N3O4/c1-11-16(13-6-7-14(24)17(25)19(13)34-4)18(31(3)22(11,2)23(26,27)28)20(32)30-12-8-9-29-15(10-12)21(33)35-5/h6-11,16,18H,1-5H3,(H,29,30,32)/t11-,16-,18+,22+/m0/s1. The number of amides is 1. The molecule has 0 bridgehead atoms. The third kappa shape index (κ3) is 4.30. The van der Waals surface area contributed by atoms with E-state index in [9.17, 15) is 31.5 Å². The van der Waals surface area contributed by atoms with Gasteiger partial charge in [0.1, 0.15) is 11.2 Å². The van der Waals surface area contributed by atoms with Crippen LogP contribution in [0.2, 0.25) is 0 Å². The molecular weight excluding hydrogens is 477 g/mol. The van der Waals surface area contributed by atoms with Crippen LogP contribution in [0.4, 0.5) is 27.6 Å². The quantitative estimate of drug-likeness (QED) is 0.490. The van der Waals surface area contributed by atoms with Crippen LogP contribution in [0.25, 0.3) is 0 Å². The highest BCUT2D eigenvalue weighted by Gasteiger charge is 2.67. The molecule has 3 rings (SSSR count). The topological polar surface area (TPSA) is 80.8 Å². The molecule has 2 heterocycles. The minimum Gasteiger partial charge on any atom is -0.493 e. The molecule has 1 N–H and O–H groups in total. The van der Waals surface area contributed by atoms with Crippen molar-refractivity contribution in [3.8, 4) is 5.75 Å². The molecule has 4 atom stereocenters. The highest BCUT2D eigenvalue weighted by molar-refractivity contribution is 5.97. The molecule has 35 heavy (non-hydrogen) atoms. The zero-order chi connectivity index (χ0) is 26.3. The summed E-state index contributed by atoms with van der Waals surface area (Å²) in [5.74, 6) is -7.32. The number of pyridine rings is 1. The summed E-state index contributed by atoms with van der Waals surface area (Å²) in [7, 11) is 3.35. The number of halogens is 5. The van der Waals surface area contributed by atoms with Gasteiger partial charge in [-0.25, -0.2) is 14.2 Å². The number of alkyl halides is 3. The molecule has 0 radical (unpaired) electrons. The Morgan fingerprint density at radius 3 is 2.40 bits per heavy atom. The van der Waals surface area contributed by atoms with E-state index in [1.807, 2.05) is 0 Å². The maximum atomic E-state index is 14.5. The van der Waals surface area contributed by atoms with E-state index in [-0.39, 0.29) is 16.9 Å². The second kappa shape index (κ2) is 9.40. The van der Waals surface area contributed by atoms with Crippen molar-refractivity contribution in [2.45, 2.75) is 37.5 Å². The lowest BCUT2D eigenvalue weighted by molar-refractivity contribution is -0.227. The number of aromatic nitrogens is 1. The molecule has 190 valence electrons. The third-order valence-electron chi connectivity index (χ3n) is 6.82. The molecular formula is C23H24F5N3O4. The van der Waals surface area contributed by atoms with Gasteiger partial charge in [-0.05, 0) is 38.1 Å². The van der Waals surface area contributed by atoms with Crippen LogP contribution < -0.4 is 10.1 Å². The number of likely N-dealkylation sites (N-methyl/N-ethyl adjacent to an activating group) is 1. The number of anilines is 1. The summed E-state index contributed by atoms with van der Waals surface area (Å²) in [4.78, 5) is 29.9. The van der Waals surface area contributed by atoms with Crippen LogP contribution in [0, 0.1) is 17.6 Å². The smallest absolute Gasteiger partial charge is 0.406 e. The Morgan fingerprint density at radius 1 is 1.17 bits per heavy atom. The van der Waals surface area contributed by atoms with Gasteiger partial charge in [-0.2, -0.15) is 17.6 Å². The highest BCUT2D eigenvalue weighted by Crippen LogP contribution is 2.55. The lowest BCUT2D eigenvalue weighted by atomic mass is 9.76. The number of carbonyl (C=O) groups excluding carboxylic acids is 2. The van der Waals surface area contributed by atoms with Crippen LogP contribution in [0.1, 0.15) is 35.8 Å². The van der Waals surface area contributed by atoms with E-state index in [1.165, 1.54) is 25.3 Å². The molecule has 1 aliphatic heterocycles. The fraction of sp³-hybridized carbons (Fsp3) is 0.435. The van der Waals surface area contributed by atoms with E-state index in [0.717, 1.165) is 45.2 Å². The van der Waals surface area contributed by atoms with Gasteiger partial charge in [0.25, 0.3) is 0 Å². The van der Waals surface area contributed by atoms with Gasteiger partial charge in [0, 0.05) is 23.4 Å². The van der Waals surface area contributed by atoms with Crippen molar-refractivity contribution in [1.29, 1.82) is 0 Å². The van der Waals surface area contributed by atoms with Gasteiger partial charge >= 0.3 is 12.1 Å². The Hall–Kier alpha value is -3.28. The highest BCUT2D eigenvalue weighted by atomic mass is 19.4. The summed E-state index contributed by atoms with van der Waals surface area (Å²) < 4.78 is 80.9. The molecule has 1 saturated heterocycles. The van der Waals surface area contributed by atoms with E-state index in [2.05, 4.69) is 15.0 Å². The number of nitrogens with zero attached hydrogens (tertiary/aromatic N) is 2. The van der Waals surface area contributed by atoms with Crippen LogP contribution in [-0.2, 0) is 9.53 Å². The number of nitrogens with one attached hydrogen (secondary N) is 1. The monoisotopic (exact) mass is 501 g/mol. The van der Waals surface area contributed by atoms with Gasteiger partial charge in [0.15, 0.2) is 11.6 Å². The third-order valence-corrected chi connectivity index (χ3v) is 6.82. The van der Waals surface area contributed by atoms with Crippen molar-refractivity contribution < 1.29 is 41.0 Å². The molecule has 1 fully saturated rings. The largest absolute Gasteiger partial charge is 0.493 e. The Morgan fingerprint density at radius 2 is 1.83 bits per heavy atom. The fourth-order valence-corrected chi connectivity index (χ4v) is 4.67. The van der Waals surface area contributed by atoms with Gasteiger partial charge in [0.2, 0.25) is 11.7 Å². The molecule has 0 spiro atoms. The number of esters is 1. The van der Waals surface area contributed by atoms with Crippen LogP contribution in [-0.4, -0.2) is 60.8 Å². The number of hydrogen-bond donors (Lipinski definition) is 1. The zero-order valence-electron chi connectivity index (χ0n) is 19.5. The first-order valence-electron chi connectivity index (χ1n) is 10.5. The fourth-order valence-electron chi connectivity index (χ4n) is 4.67. The van der Waals surface area contributed by atoms with Crippen LogP contribution >= 0.6 is 0 Å². The Bertz CT molecular complexity index is 1140. The number of methoxy groups -OCH3 is 2. The Kier molecular flexibility index (Phi) is 7.07. The van der Waals surface area contributed by atoms with E-state index >= 15 is 0 Å². The number of hydrogen-bond acceptors (Lipinski definition) is 6. The number of likely N-dealkylation sites (tertiary alicyclic amines) is 1. The first kappa shape index (κ1) is 26.3. The maximum Gasteiger partial charge on any atom is 0.406 e. The predicted octanol–water partition coefficient (Wildman–Crippen LogP) is 4.15. The molecule has 12 heteroatoms. The van der Waals surface area contributed by atoms with Crippen molar-refractivity contribution in [1.82, 2.24) is 9.88 Å². The molecule has 2 aromatic rings.